The second kappa shape index (κ2) is 7.76. The Hall–Kier alpha value is -2.45. The van der Waals surface area contributed by atoms with Crippen molar-refractivity contribution < 1.29 is 19.2 Å². The number of hydrazone groups is 1. The Morgan fingerprint density at radius 2 is 2.00 bits per heavy atom. The highest BCUT2D eigenvalue weighted by atomic mass is 35.5. The molecule has 0 radical (unpaired) electrons. The molecule has 3 aliphatic rings. The van der Waals surface area contributed by atoms with Crippen molar-refractivity contribution in [3.8, 4) is 0 Å². The van der Waals surface area contributed by atoms with Gasteiger partial charge in [0.05, 0.1) is 10.6 Å². The number of carbonyl (C=O) groups excluding carboxylic acids is 4. The Bertz CT molecular complexity index is 935. The molecule has 1 aromatic rings. The third-order valence-electron chi connectivity index (χ3n) is 5.83. The molecule has 1 aromatic carbocycles. The highest BCUT2D eigenvalue weighted by Crippen LogP contribution is 2.47. The van der Waals surface area contributed by atoms with E-state index in [2.05, 4.69) is 15.8 Å². The highest BCUT2D eigenvalue weighted by molar-refractivity contribution is 6.36. The molecule has 5 amide bonds. The lowest BCUT2D eigenvalue weighted by atomic mass is 9.92. The summed E-state index contributed by atoms with van der Waals surface area (Å²) < 4.78 is 0. The van der Waals surface area contributed by atoms with Gasteiger partial charge in [0.25, 0.3) is 5.91 Å². The lowest BCUT2D eigenvalue weighted by molar-refractivity contribution is -0.141. The maximum atomic E-state index is 12.9. The van der Waals surface area contributed by atoms with E-state index in [0.29, 0.717) is 10.9 Å². The van der Waals surface area contributed by atoms with Gasteiger partial charge in [0.1, 0.15) is 0 Å². The van der Waals surface area contributed by atoms with Crippen molar-refractivity contribution in [1.29, 1.82) is 0 Å². The minimum Gasteiger partial charge on any atom is -0.277 e. The molecule has 10 heteroatoms. The van der Waals surface area contributed by atoms with Crippen LogP contribution in [-0.4, -0.2) is 40.9 Å². The average molecular weight is 437 g/mol. The van der Waals surface area contributed by atoms with Gasteiger partial charge in [0.2, 0.25) is 11.8 Å². The van der Waals surface area contributed by atoms with Gasteiger partial charge in [-0.15, -0.1) is 0 Å². The number of barbiturate groups is 1. The molecular weight excluding hydrogens is 419 g/mol. The monoisotopic (exact) mass is 436 g/mol. The first-order valence-corrected chi connectivity index (χ1v) is 10.1. The number of amides is 5. The van der Waals surface area contributed by atoms with Crippen molar-refractivity contribution in [3.63, 3.8) is 0 Å². The molecule has 0 aromatic heterocycles. The van der Waals surface area contributed by atoms with Gasteiger partial charge in [0, 0.05) is 17.3 Å². The Kier molecular flexibility index (Phi) is 5.31. The van der Waals surface area contributed by atoms with Gasteiger partial charge in [-0.05, 0) is 49.3 Å². The van der Waals surface area contributed by atoms with Crippen LogP contribution in [0.2, 0.25) is 10.0 Å². The molecule has 152 valence electrons. The van der Waals surface area contributed by atoms with Gasteiger partial charge in [-0.2, -0.15) is 5.10 Å². The number of imide groups is 2. The van der Waals surface area contributed by atoms with Crippen molar-refractivity contribution in [2.45, 2.75) is 31.7 Å². The van der Waals surface area contributed by atoms with Crippen LogP contribution in [0.25, 0.3) is 0 Å². The Morgan fingerprint density at radius 1 is 1.21 bits per heavy atom. The number of rotatable bonds is 4. The van der Waals surface area contributed by atoms with Crippen LogP contribution in [0.1, 0.15) is 36.0 Å². The Morgan fingerprint density at radius 3 is 2.66 bits per heavy atom. The third kappa shape index (κ3) is 3.74. The van der Waals surface area contributed by atoms with Crippen LogP contribution in [-0.2, 0) is 9.59 Å². The van der Waals surface area contributed by atoms with Crippen molar-refractivity contribution in [3.05, 3.63) is 33.8 Å². The number of nitrogens with one attached hydrogen (secondary N) is 2. The first-order chi connectivity index (χ1) is 13.8. The van der Waals surface area contributed by atoms with Gasteiger partial charge < -0.3 is 0 Å². The molecule has 2 bridgehead atoms. The zero-order valence-electron chi connectivity index (χ0n) is 15.2. The van der Waals surface area contributed by atoms with E-state index in [4.69, 9.17) is 23.2 Å². The van der Waals surface area contributed by atoms with Crippen molar-refractivity contribution in [1.82, 2.24) is 15.6 Å². The van der Waals surface area contributed by atoms with Gasteiger partial charge in [-0.1, -0.05) is 29.6 Å². The lowest BCUT2D eigenvalue weighted by Gasteiger charge is -2.36. The van der Waals surface area contributed by atoms with Crippen molar-refractivity contribution in [2.75, 3.05) is 0 Å². The van der Waals surface area contributed by atoms with Crippen LogP contribution >= 0.6 is 23.2 Å². The smallest absolute Gasteiger partial charge is 0.277 e. The largest absolute Gasteiger partial charge is 0.331 e. The summed E-state index contributed by atoms with van der Waals surface area (Å²) in [6, 6.07) is 3.48. The van der Waals surface area contributed by atoms with Gasteiger partial charge in [0.15, 0.2) is 5.92 Å². The number of halogens is 2. The summed E-state index contributed by atoms with van der Waals surface area (Å²) in [5.74, 6) is -2.47. The van der Waals surface area contributed by atoms with Crippen molar-refractivity contribution >= 4 is 53.2 Å². The highest BCUT2D eigenvalue weighted by Gasteiger charge is 2.50. The molecule has 8 nitrogen and oxygen atoms in total. The number of carbonyl (C=O) groups is 4. The van der Waals surface area contributed by atoms with Gasteiger partial charge in [-0.3, -0.25) is 24.6 Å². The molecule has 4 atom stereocenters. The molecule has 0 unspecified atom stereocenters. The van der Waals surface area contributed by atoms with E-state index in [1.54, 1.807) is 0 Å². The standard InChI is InChI=1S/C19H18Cl2N4O4/c20-11-3-4-12(14(21)7-11)17(27)24-22-8-13-16(26)23-19(29)25(18(13)28)15-6-9-1-2-10(15)5-9/h3-4,7-10,13,15H,1-2,5-6H2,(H,24,27)(H,23,26,29)/b22-8-/t9-,10-,13+,15-/m0/s1. The predicted molar refractivity (Wildman–Crippen MR) is 106 cm³/mol. The fraction of sp³-hybridized carbons (Fsp3) is 0.421. The number of benzene rings is 1. The van der Waals surface area contributed by atoms with Crippen LogP contribution in [0.15, 0.2) is 23.3 Å². The van der Waals surface area contributed by atoms with E-state index in [-0.39, 0.29) is 22.5 Å². The van der Waals surface area contributed by atoms with Gasteiger partial charge in [-0.25, -0.2) is 10.2 Å². The van der Waals surface area contributed by atoms with Crippen LogP contribution in [0.3, 0.4) is 0 Å². The summed E-state index contributed by atoms with van der Waals surface area (Å²) in [7, 11) is 0. The third-order valence-corrected chi connectivity index (χ3v) is 6.38. The van der Waals surface area contributed by atoms with Crippen LogP contribution < -0.4 is 10.7 Å². The van der Waals surface area contributed by atoms with Crippen LogP contribution in [0.4, 0.5) is 4.79 Å². The summed E-state index contributed by atoms with van der Waals surface area (Å²) in [6.45, 7) is 0. The molecule has 1 saturated heterocycles. The van der Waals surface area contributed by atoms with Gasteiger partial charge >= 0.3 is 6.03 Å². The zero-order valence-corrected chi connectivity index (χ0v) is 16.7. The predicted octanol–water partition coefficient (Wildman–Crippen LogP) is 2.59. The second-order valence-corrected chi connectivity index (χ2v) is 8.41. The lowest BCUT2D eigenvalue weighted by Crippen LogP contribution is -2.62. The second-order valence-electron chi connectivity index (χ2n) is 7.57. The molecule has 1 heterocycles. The summed E-state index contributed by atoms with van der Waals surface area (Å²) in [5, 5.41) is 6.48. The van der Waals surface area contributed by atoms with Crippen LogP contribution in [0.5, 0.6) is 0 Å². The minimum atomic E-state index is -1.28. The summed E-state index contributed by atoms with van der Waals surface area (Å²) in [4.78, 5) is 50.7. The molecule has 2 N–H and O–H groups in total. The Labute approximate surface area is 176 Å². The first kappa shape index (κ1) is 19.8. The maximum Gasteiger partial charge on any atom is 0.331 e. The number of hydrogen-bond donors (Lipinski definition) is 2. The maximum absolute atomic E-state index is 12.9. The van der Waals surface area contributed by atoms with E-state index >= 15 is 0 Å². The molecule has 1 aliphatic heterocycles. The van der Waals surface area contributed by atoms with Crippen LogP contribution in [0, 0.1) is 17.8 Å². The molecule has 2 aliphatic carbocycles. The molecule has 4 rings (SSSR count). The number of urea groups is 1. The number of fused-ring (bicyclic) bond motifs is 2. The van der Waals surface area contributed by atoms with E-state index in [1.165, 1.54) is 23.1 Å². The first-order valence-electron chi connectivity index (χ1n) is 9.31. The zero-order chi connectivity index (χ0) is 20.7. The van der Waals surface area contributed by atoms with E-state index < -0.39 is 29.7 Å². The fourth-order valence-electron chi connectivity index (χ4n) is 4.48. The fourth-order valence-corrected chi connectivity index (χ4v) is 4.98. The number of hydrogen-bond acceptors (Lipinski definition) is 5. The number of nitrogens with zero attached hydrogens (tertiary/aromatic N) is 2. The topological polar surface area (TPSA) is 108 Å². The molecule has 2 saturated carbocycles. The van der Waals surface area contributed by atoms with E-state index in [0.717, 1.165) is 31.9 Å². The summed E-state index contributed by atoms with van der Waals surface area (Å²) in [6.07, 6.45) is 4.91. The summed E-state index contributed by atoms with van der Waals surface area (Å²) in [5.41, 5.74) is 2.38. The summed E-state index contributed by atoms with van der Waals surface area (Å²) >= 11 is 11.8. The molecule has 29 heavy (non-hydrogen) atoms. The SMILES string of the molecule is O=C(N/N=C\[C@@H]1C(=O)NC(=O)N([C@H]2C[C@H]3CC[C@H]2C3)C1=O)c1ccc(Cl)cc1Cl. The van der Waals surface area contributed by atoms with E-state index in [9.17, 15) is 19.2 Å². The minimum absolute atomic E-state index is 0.143. The normalized spacial score (nSPS) is 28.9. The molecule has 3 fully saturated rings. The Balaban J connectivity index is 1.45. The average Bonchev–Trinajstić information content (AvgIpc) is 3.27. The molecule has 0 spiro atoms. The quantitative estimate of drug-likeness (QED) is 0.429. The van der Waals surface area contributed by atoms with Crippen molar-refractivity contribution in [2.24, 2.45) is 22.9 Å². The van der Waals surface area contributed by atoms with E-state index in [1.807, 2.05) is 0 Å². The molecular formula is C19H18Cl2N4O4.